The van der Waals surface area contributed by atoms with E-state index in [1.165, 1.54) is 7.05 Å². The number of imide groups is 1. The van der Waals surface area contributed by atoms with Crippen LogP contribution in [0.3, 0.4) is 0 Å². The van der Waals surface area contributed by atoms with Gasteiger partial charge in [-0.05, 0) is 18.2 Å². The van der Waals surface area contributed by atoms with Gasteiger partial charge in [0.25, 0.3) is 11.8 Å². The molecule has 3 nitrogen and oxygen atoms in total. The lowest BCUT2D eigenvalue weighted by molar-refractivity contribution is 0.0693. The van der Waals surface area contributed by atoms with E-state index in [0.29, 0.717) is 16.0 Å². The molecule has 0 atom stereocenters. The zero-order valence-electron chi connectivity index (χ0n) is 6.94. The van der Waals surface area contributed by atoms with E-state index in [2.05, 4.69) is 12.6 Å². The Morgan fingerprint density at radius 2 is 1.77 bits per heavy atom. The molecule has 13 heavy (non-hydrogen) atoms. The molecule has 0 spiro atoms. The first-order valence-corrected chi connectivity index (χ1v) is 4.21. The van der Waals surface area contributed by atoms with Gasteiger partial charge in [-0.1, -0.05) is 0 Å². The molecular weight excluding hydrogens is 186 g/mol. The van der Waals surface area contributed by atoms with Crippen LogP contribution >= 0.6 is 12.6 Å². The molecular formula is C9H7NO2S. The largest absolute Gasteiger partial charge is 0.277 e. The summed E-state index contributed by atoms with van der Waals surface area (Å²) >= 11 is 4.10. The first-order valence-electron chi connectivity index (χ1n) is 3.76. The Balaban J connectivity index is 2.67. The lowest BCUT2D eigenvalue weighted by Crippen LogP contribution is -2.24. The van der Waals surface area contributed by atoms with Gasteiger partial charge in [0.1, 0.15) is 0 Å². The molecule has 0 radical (unpaired) electrons. The van der Waals surface area contributed by atoms with Crippen LogP contribution in [0.2, 0.25) is 0 Å². The second-order valence-electron chi connectivity index (χ2n) is 2.90. The molecule has 0 N–H and O–H groups in total. The minimum Gasteiger partial charge on any atom is -0.277 e. The molecule has 4 heteroatoms. The number of rotatable bonds is 0. The average Bonchev–Trinajstić information content (AvgIpc) is 2.32. The molecule has 0 aromatic heterocycles. The maximum absolute atomic E-state index is 11.4. The predicted octanol–water partition coefficient (Wildman–Crippen LogP) is 1.20. The molecule has 0 aliphatic carbocycles. The van der Waals surface area contributed by atoms with Crippen molar-refractivity contribution in [2.24, 2.45) is 0 Å². The molecule has 66 valence electrons. The van der Waals surface area contributed by atoms with E-state index >= 15 is 0 Å². The Bertz CT molecular complexity index is 414. The van der Waals surface area contributed by atoms with Gasteiger partial charge in [0.05, 0.1) is 11.1 Å². The van der Waals surface area contributed by atoms with Crippen LogP contribution in [0.5, 0.6) is 0 Å². The number of fused-ring (bicyclic) bond motifs is 1. The first kappa shape index (κ1) is 8.31. The Kier molecular flexibility index (Phi) is 1.66. The van der Waals surface area contributed by atoms with Crippen LogP contribution in [0.1, 0.15) is 20.7 Å². The van der Waals surface area contributed by atoms with Crippen LogP contribution in [0.4, 0.5) is 0 Å². The van der Waals surface area contributed by atoms with Crippen molar-refractivity contribution in [2.45, 2.75) is 4.90 Å². The van der Waals surface area contributed by atoms with Crippen LogP contribution in [0.25, 0.3) is 0 Å². The highest BCUT2D eigenvalue weighted by molar-refractivity contribution is 7.80. The molecule has 1 aromatic carbocycles. The summed E-state index contributed by atoms with van der Waals surface area (Å²) in [5, 5.41) is 0. The number of carbonyl (C=O) groups excluding carboxylic acids is 2. The average molecular weight is 193 g/mol. The zero-order valence-corrected chi connectivity index (χ0v) is 7.84. The van der Waals surface area contributed by atoms with E-state index in [1.807, 2.05) is 0 Å². The van der Waals surface area contributed by atoms with Crippen molar-refractivity contribution < 1.29 is 9.59 Å². The number of amides is 2. The SMILES string of the molecule is CN1C(=O)c2ccc(S)cc2C1=O. The van der Waals surface area contributed by atoms with Gasteiger partial charge in [-0.15, -0.1) is 12.6 Å². The molecule has 1 heterocycles. The minimum absolute atomic E-state index is 0.242. The molecule has 0 unspecified atom stereocenters. The van der Waals surface area contributed by atoms with Crippen molar-refractivity contribution in [3.8, 4) is 0 Å². The third-order valence-electron chi connectivity index (χ3n) is 2.07. The molecule has 0 fully saturated rings. The number of benzene rings is 1. The monoisotopic (exact) mass is 193 g/mol. The highest BCUT2D eigenvalue weighted by Crippen LogP contribution is 2.23. The quantitative estimate of drug-likeness (QED) is 0.496. The van der Waals surface area contributed by atoms with Crippen LogP contribution in [0, 0.1) is 0 Å². The van der Waals surface area contributed by atoms with Crippen molar-refractivity contribution in [2.75, 3.05) is 7.05 Å². The van der Waals surface area contributed by atoms with E-state index in [-0.39, 0.29) is 11.8 Å². The van der Waals surface area contributed by atoms with Crippen molar-refractivity contribution in [1.29, 1.82) is 0 Å². The second-order valence-corrected chi connectivity index (χ2v) is 3.42. The van der Waals surface area contributed by atoms with Crippen molar-refractivity contribution in [3.05, 3.63) is 29.3 Å². The summed E-state index contributed by atoms with van der Waals surface area (Å²) in [5.74, 6) is -0.496. The lowest BCUT2D eigenvalue weighted by Gasteiger charge is -2.02. The van der Waals surface area contributed by atoms with E-state index in [1.54, 1.807) is 18.2 Å². The smallest absolute Gasteiger partial charge is 0.261 e. The fraction of sp³-hybridized carbons (Fsp3) is 0.111. The highest BCUT2D eigenvalue weighted by atomic mass is 32.1. The van der Waals surface area contributed by atoms with Gasteiger partial charge in [0.15, 0.2) is 0 Å². The lowest BCUT2D eigenvalue weighted by atomic mass is 10.1. The summed E-state index contributed by atoms with van der Waals surface area (Å²) in [4.78, 5) is 24.6. The standard InChI is InChI=1S/C9H7NO2S/c1-10-8(11)6-3-2-5(13)4-7(6)9(10)12/h2-4,13H,1H3. The van der Waals surface area contributed by atoms with E-state index < -0.39 is 0 Å². The van der Waals surface area contributed by atoms with Gasteiger partial charge in [-0.2, -0.15) is 0 Å². The van der Waals surface area contributed by atoms with Crippen molar-refractivity contribution in [1.82, 2.24) is 4.90 Å². The van der Waals surface area contributed by atoms with Gasteiger partial charge in [0.2, 0.25) is 0 Å². The fourth-order valence-corrected chi connectivity index (χ4v) is 1.55. The summed E-state index contributed by atoms with van der Waals surface area (Å²) in [6.07, 6.45) is 0. The summed E-state index contributed by atoms with van der Waals surface area (Å²) in [7, 11) is 1.48. The van der Waals surface area contributed by atoms with Crippen molar-refractivity contribution >= 4 is 24.4 Å². The normalized spacial score (nSPS) is 15.1. The summed E-state index contributed by atoms with van der Waals surface area (Å²) < 4.78 is 0. The summed E-state index contributed by atoms with van der Waals surface area (Å²) in [6, 6.07) is 4.94. The minimum atomic E-state index is -0.254. The van der Waals surface area contributed by atoms with E-state index in [4.69, 9.17) is 0 Å². The van der Waals surface area contributed by atoms with E-state index in [9.17, 15) is 9.59 Å². The Morgan fingerprint density at radius 3 is 2.46 bits per heavy atom. The number of thiol groups is 1. The Hall–Kier alpha value is -1.29. The maximum Gasteiger partial charge on any atom is 0.261 e. The third kappa shape index (κ3) is 1.06. The highest BCUT2D eigenvalue weighted by Gasteiger charge is 2.32. The molecule has 0 saturated carbocycles. The third-order valence-corrected chi connectivity index (χ3v) is 2.35. The van der Waals surface area contributed by atoms with Crippen LogP contribution in [-0.4, -0.2) is 23.8 Å². The zero-order chi connectivity index (χ0) is 9.59. The molecule has 0 saturated heterocycles. The summed E-state index contributed by atoms with van der Waals surface area (Å²) in [5.41, 5.74) is 0.908. The number of hydrogen-bond donors (Lipinski definition) is 1. The number of hydrogen-bond acceptors (Lipinski definition) is 3. The Labute approximate surface area is 80.8 Å². The number of carbonyl (C=O) groups is 2. The molecule has 2 amide bonds. The maximum atomic E-state index is 11.4. The van der Waals surface area contributed by atoms with Gasteiger partial charge >= 0.3 is 0 Å². The fourth-order valence-electron chi connectivity index (χ4n) is 1.35. The molecule has 1 aliphatic heterocycles. The second kappa shape index (κ2) is 2.60. The molecule has 1 aromatic rings. The van der Waals surface area contributed by atoms with Gasteiger partial charge in [-0.25, -0.2) is 0 Å². The topological polar surface area (TPSA) is 37.4 Å². The molecule has 1 aliphatic rings. The Morgan fingerprint density at radius 1 is 1.15 bits per heavy atom. The van der Waals surface area contributed by atoms with Gasteiger partial charge < -0.3 is 0 Å². The van der Waals surface area contributed by atoms with Crippen LogP contribution in [0.15, 0.2) is 23.1 Å². The number of nitrogens with zero attached hydrogens (tertiary/aromatic N) is 1. The van der Waals surface area contributed by atoms with Crippen molar-refractivity contribution in [3.63, 3.8) is 0 Å². The summed E-state index contributed by atoms with van der Waals surface area (Å²) in [6.45, 7) is 0. The molecule has 0 bridgehead atoms. The molecule has 2 rings (SSSR count). The predicted molar refractivity (Wildman–Crippen MR) is 50.1 cm³/mol. The van der Waals surface area contributed by atoms with E-state index in [0.717, 1.165) is 4.90 Å². The van der Waals surface area contributed by atoms with Crippen LogP contribution in [-0.2, 0) is 0 Å². The first-order chi connectivity index (χ1) is 6.11. The van der Waals surface area contributed by atoms with Gasteiger partial charge in [0, 0.05) is 11.9 Å². The van der Waals surface area contributed by atoms with Gasteiger partial charge in [-0.3, -0.25) is 14.5 Å². The van der Waals surface area contributed by atoms with Crippen LogP contribution < -0.4 is 0 Å².